The molecular weight excluding hydrogens is 346 g/mol. The first-order valence-corrected chi connectivity index (χ1v) is 8.50. The summed E-state index contributed by atoms with van der Waals surface area (Å²) < 4.78 is 0.989. The number of carbonyl (C=O) groups excluding carboxylic acids is 2. The minimum Gasteiger partial charge on any atom is -0.508 e. The molecule has 3 unspecified atom stereocenters. The molecule has 1 aromatic carbocycles. The Hall–Kier alpha value is -1.20. The maximum absolute atomic E-state index is 12.2. The largest absolute Gasteiger partial charge is 0.508 e. The number of Topliss-reactive ketones (excluding diaryl/α,β-unsaturated/α-hetero) is 2. The van der Waals surface area contributed by atoms with Crippen molar-refractivity contribution in [1.82, 2.24) is 4.90 Å². The number of piperidine rings is 1. The molecule has 1 heterocycles. The van der Waals surface area contributed by atoms with Gasteiger partial charge >= 0.3 is 0 Å². The van der Waals surface area contributed by atoms with Gasteiger partial charge in [-0.15, -0.1) is 0 Å². The summed E-state index contributed by atoms with van der Waals surface area (Å²) in [7, 11) is 2.09. The maximum atomic E-state index is 12.2. The van der Waals surface area contributed by atoms with E-state index in [0.29, 0.717) is 6.42 Å². The molecule has 2 bridgehead atoms. The third kappa shape index (κ3) is 1.72. The number of nitrogens with zero attached hydrogens (tertiary/aromatic N) is 1. The molecule has 4 rings (SSSR count). The van der Waals surface area contributed by atoms with E-state index in [1.165, 1.54) is 0 Å². The highest BCUT2D eigenvalue weighted by Gasteiger charge is 2.58. The fourth-order valence-electron chi connectivity index (χ4n) is 4.92. The summed E-state index contributed by atoms with van der Waals surface area (Å²) in [5.74, 6) is -0.108. The highest BCUT2D eigenvalue weighted by Crippen LogP contribution is 2.57. The van der Waals surface area contributed by atoms with Crippen LogP contribution >= 0.6 is 15.9 Å². The van der Waals surface area contributed by atoms with Gasteiger partial charge in [-0.1, -0.05) is 15.9 Å². The molecule has 3 atom stereocenters. The zero-order valence-corrected chi connectivity index (χ0v) is 14.0. The molecule has 1 N–H and O–H groups in total. The van der Waals surface area contributed by atoms with Crippen LogP contribution in [0.25, 0.3) is 0 Å². The van der Waals surface area contributed by atoms with Crippen LogP contribution in [0.5, 0.6) is 5.75 Å². The molecule has 0 spiro atoms. The second-order valence-corrected chi connectivity index (χ2v) is 7.77. The van der Waals surface area contributed by atoms with Crippen LogP contribution in [-0.2, 0) is 21.4 Å². The normalized spacial score (nSPS) is 34.3. The summed E-state index contributed by atoms with van der Waals surface area (Å²) in [4.78, 5) is 26.5. The Morgan fingerprint density at radius 1 is 1.27 bits per heavy atom. The van der Waals surface area contributed by atoms with Gasteiger partial charge < -0.3 is 10.0 Å². The van der Waals surface area contributed by atoms with Gasteiger partial charge in [-0.25, -0.2) is 0 Å². The average Bonchev–Trinajstić information content (AvgIpc) is 2.47. The predicted molar refractivity (Wildman–Crippen MR) is 85.0 cm³/mol. The molecule has 5 heteroatoms. The highest BCUT2D eigenvalue weighted by atomic mass is 79.9. The molecule has 2 fully saturated rings. The Kier molecular flexibility index (Phi) is 3.04. The van der Waals surface area contributed by atoms with Gasteiger partial charge in [0.15, 0.2) is 11.6 Å². The van der Waals surface area contributed by atoms with Gasteiger partial charge in [-0.3, -0.25) is 9.59 Å². The SMILES string of the molecule is CN1CCC23CC(=O)C(=O)CC2C1Cc1c(Br)ccc(O)c13. The Bertz CT molecular complexity index is 701. The highest BCUT2D eigenvalue weighted by molar-refractivity contribution is 9.10. The van der Waals surface area contributed by atoms with Crippen molar-refractivity contribution in [2.45, 2.75) is 37.1 Å². The number of fused-ring (bicyclic) bond motifs is 1. The first-order valence-electron chi connectivity index (χ1n) is 7.71. The number of benzene rings is 1. The van der Waals surface area contributed by atoms with E-state index in [2.05, 4.69) is 27.9 Å². The fourth-order valence-corrected chi connectivity index (χ4v) is 5.42. The summed E-state index contributed by atoms with van der Waals surface area (Å²) in [5.41, 5.74) is 1.65. The molecule has 0 aromatic heterocycles. The Balaban J connectivity index is 1.98. The minimum atomic E-state index is -0.371. The Labute approximate surface area is 137 Å². The van der Waals surface area contributed by atoms with Gasteiger partial charge in [0.25, 0.3) is 0 Å². The van der Waals surface area contributed by atoms with Crippen molar-refractivity contribution in [3.05, 3.63) is 27.7 Å². The number of hydrogen-bond acceptors (Lipinski definition) is 4. The lowest BCUT2D eigenvalue weighted by molar-refractivity contribution is -0.144. The lowest BCUT2D eigenvalue weighted by atomic mass is 9.52. The van der Waals surface area contributed by atoms with Crippen LogP contribution in [0, 0.1) is 5.92 Å². The molecule has 1 saturated carbocycles. The summed E-state index contributed by atoms with van der Waals surface area (Å²) in [6, 6.07) is 3.83. The molecule has 4 nitrogen and oxygen atoms in total. The van der Waals surface area contributed by atoms with Crippen molar-refractivity contribution in [2.24, 2.45) is 5.92 Å². The van der Waals surface area contributed by atoms with Crippen molar-refractivity contribution in [3.63, 3.8) is 0 Å². The molecule has 3 aliphatic rings. The smallest absolute Gasteiger partial charge is 0.199 e. The molecule has 1 aromatic rings. The summed E-state index contributed by atoms with van der Waals surface area (Å²) in [6.07, 6.45) is 2.20. The van der Waals surface area contributed by atoms with Gasteiger partial charge in [0, 0.05) is 34.3 Å². The number of rotatable bonds is 0. The second kappa shape index (κ2) is 4.65. The van der Waals surface area contributed by atoms with E-state index in [0.717, 1.165) is 35.0 Å². The monoisotopic (exact) mass is 363 g/mol. The number of aromatic hydroxyl groups is 1. The molecule has 1 saturated heterocycles. The minimum absolute atomic E-state index is 0.129. The quantitative estimate of drug-likeness (QED) is 0.718. The third-order valence-corrected chi connectivity index (χ3v) is 6.73. The van der Waals surface area contributed by atoms with Crippen LogP contribution in [0.3, 0.4) is 0 Å². The van der Waals surface area contributed by atoms with Gasteiger partial charge in [0.1, 0.15) is 5.75 Å². The number of hydrogen-bond donors (Lipinski definition) is 1. The van der Waals surface area contributed by atoms with Crippen molar-refractivity contribution >= 4 is 27.5 Å². The number of carbonyl (C=O) groups is 2. The first kappa shape index (κ1) is 14.4. The summed E-state index contributed by atoms with van der Waals surface area (Å²) in [5, 5.41) is 10.5. The lowest BCUT2D eigenvalue weighted by Gasteiger charge is -2.57. The number of likely N-dealkylation sites (N-methyl/N-ethyl adjacent to an activating group) is 1. The van der Waals surface area contributed by atoms with Gasteiger partial charge in [0.2, 0.25) is 0 Å². The molecule has 0 amide bonds. The van der Waals surface area contributed by atoms with E-state index >= 15 is 0 Å². The number of ketones is 2. The molecule has 1 aliphatic heterocycles. The second-order valence-electron chi connectivity index (χ2n) is 6.91. The van der Waals surface area contributed by atoms with Crippen LogP contribution in [0.15, 0.2) is 16.6 Å². The van der Waals surface area contributed by atoms with Crippen molar-refractivity contribution in [2.75, 3.05) is 13.6 Å². The zero-order valence-electron chi connectivity index (χ0n) is 12.4. The summed E-state index contributed by atoms with van der Waals surface area (Å²) in [6.45, 7) is 0.897. The molecular formula is C17H18BrNO3. The lowest BCUT2D eigenvalue weighted by Crippen LogP contribution is -2.62. The van der Waals surface area contributed by atoms with E-state index in [1.54, 1.807) is 6.07 Å². The van der Waals surface area contributed by atoms with Crippen LogP contribution in [0.2, 0.25) is 0 Å². The van der Waals surface area contributed by atoms with E-state index in [4.69, 9.17) is 0 Å². The maximum Gasteiger partial charge on any atom is 0.199 e. The Morgan fingerprint density at radius 2 is 2.05 bits per heavy atom. The molecule has 2 aliphatic carbocycles. The van der Waals surface area contributed by atoms with E-state index in [9.17, 15) is 14.7 Å². The first-order chi connectivity index (χ1) is 10.4. The number of likely N-dealkylation sites (tertiary alicyclic amines) is 1. The standard InChI is InChI=1S/C17H18BrNO3/c1-19-5-4-17-8-15(22)14(21)7-10(17)12(19)6-9-11(18)2-3-13(20)16(9)17/h2-3,10,12,20H,4-8H2,1H3. The molecule has 0 radical (unpaired) electrons. The van der Waals surface area contributed by atoms with Gasteiger partial charge in [0.05, 0.1) is 0 Å². The van der Waals surface area contributed by atoms with E-state index in [1.807, 2.05) is 6.07 Å². The molecule has 22 heavy (non-hydrogen) atoms. The van der Waals surface area contributed by atoms with Crippen molar-refractivity contribution in [3.8, 4) is 5.75 Å². The summed E-state index contributed by atoms with van der Waals surface area (Å²) >= 11 is 3.60. The fraction of sp³-hybridized carbons (Fsp3) is 0.529. The number of phenols is 1. The number of halogens is 1. The number of phenolic OH excluding ortho intramolecular Hbond substituents is 1. The van der Waals surface area contributed by atoms with Crippen LogP contribution < -0.4 is 0 Å². The van der Waals surface area contributed by atoms with Crippen LogP contribution in [0.4, 0.5) is 0 Å². The zero-order chi connectivity index (χ0) is 15.6. The van der Waals surface area contributed by atoms with Crippen LogP contribution in [-0.4, -0.2) is 41.2 Å². The Morgan fingerprint density at radius 3 is 2.82 bits per heavy atom. The van der Waals surface area contributed by atoms with Crippen LogP contribution in [0.1, 0.15) is 30.4 Å². The predicted octanol–water partition coefficient (Wildman–Crippen LogP) is 2.20. The topological polar surface area (TPSA) is 57.6 Å². The van der Waals surface area contributed by atoms with Gasteiger partial charge in [-0.05, 0) is 50.0 Å². The van der Waals surface area contributed by atoms with E-state index < -0.39 is 0 Å². The van der Waals surface area contributed by atoms with Crippen molar-refractivity contribution in [1.29, 1.82) is 0 Å². The average molecular weight is 364 g/mol. The van der Waals surface area contributed by atoms with Gasteiger partial charge in [-0.2, -0.15) is 0 Å². The third-order valence-electron chi connectivity index (χ3n) is 5.99. The van der Waals surface area contributed by atoms with Crippen molar-refractivity contribution < 1.29 is 14.7 Å². The molecule has 116 valence electrons. The van der Waals surface area contributed by atoms with E-state index in [-0.39, 0.29) is 41.1 Å².